The van der Waals surface area contributed by atoms with Crippen molar-refractivity contribution in [2.24, 2.45) is 5.92 Å². The van der Waals surface area contributed by atoms with Crippen molar-refractivity contribution in [1.82, 2.24) is 10.0 Å². The molecule has 1 amide bonds. The SMILES string of the molecule is CCC(CC)(OC)[C@@H]1CCCN1N1CC[C@H]([C@@H](C[N+](=O)[O-])c2ccco2)C1=O. The maximum Gasteiger partial charge on any atom is 0.241 e. The Labute approximate surface area is 165 Å². The predicted octanol–water partition coefficient (Wildman–Crippen LogP) is 3.07. The molecule has 0 bridgehead atoms. The average Bonchev–Trinajstić information content (AvgIpc) is 3.43. The second-order valence-corrected chi connectivity index (χ2v) is 7.79. The first-order chi connectivity index (χ1) is 13.5. The molecule has 28 heavy (non-hydrogen) atoms. The van der Waals surface area contributed by atoms with Crippen LogP contribution in [0.25, 0.3) is 0 Å². The zero-order chi connectivity index (χ0) is 20.3. The molecule has 2 aliphatic heterocycles. The Morgan fingerprint density at radius 2 is 2.11 bits per heavy atom. The summed E-state index contributed by atoms with van der Waals surface area (Å²) in [5.74, 6) is -0.485. The summed E-state index contributed by atoms with van der Waals surface area (Å²) in [4.78, 5) is 24.2. The standard InChI is InChI=1S/C20H31N3O5/c1-4-20(5-2,27-3)18-9-6-11-21(18)22-12-10-15(19(22)24)16(14-23(25)26)17-8-7-13-28-17/h7-8,13,15-16,18H,4-6,9-12,14H2,1-3H3/t15-,16-,18+/m1/s1. The van der Waals surface area contributed by atoms with Crippen molar-refractivity contribution in [3.05, 3.63) is 34.3 Å². The topological polar surface area (TPSA) is 89.1 Å². The molecule has 0 radical (unpaired) electrons. The molecule has 2 aliphatic rings. The van der Waals surface area contributed by atoms with Gasteiger partial charge in [0.2, 0.25) is 12.5 Å². The molecule has 2 fully saturated rings. The molecule has 0 spiro atoms. The third-order valence-corrected chi connectivity index (χ3v) is 6.71. The normalized spacial score (nSPS) is 24.8. The number of amides is 1. The van der Waals surface area contributed by atoms with Crippen LogP contribution in [-0.4, -0.2) is 59.2 Å². The van der Waals surface area contributed by atoms with Gasteiger partial charge in [-0.2, -0.15) is 0 Å². The van der Waals surface area contributed by atoms with Crippen molar-refractivity contribution in [1.29, 1.82) is 0 Å². The number of carbonyl (C=O) groups excluding carboxylic acids is 1. The number of hydrogen-bond donors (Lipinski definition) is 0. The van der Waals surface area contributed by atoms with Gasteiger partial charge in [0, 0.05) is 25.1 Å². The summed E-state index contributed by atoms with van der Waals surface area (Å²) in [5.41, 5.74) is -0.282. The first kappa shape index (κ1) is 20.8. The van der Waals surface area contributed by atoms with E-state index in [9.17, 15) is 14.9 Å². The number of furan rings is 1. The van der Waals surface area contributed by atoms with Crippen molar-refractivity contribution in [3.8, 4) is 0 Å². The van der Waals surface area contributed by atoms with Crippen LogP contribution in [0.3, 0.4) is 0 Å². The van der Waals surface area contributed by atoms with Gasteiger partial charge in [-0.3, -0.25) is 19.9 Å². The lowest BCUT2D eigenvalue weighted by Gasteiger charge is -2.44. The maximum atomic E-state index is 13.3. The monoisotopic (exact) mass is 393 g/mol. The maximum absolute atomic E-state index is 13.3. The van der Waals surface area contributed by atoms with E-state index < -0.39 is 11.8 Å². The van der Waals surface area contributed by atoms with Crippen molar-refractivity contribution >= 4 is 5.91 Å². The van der Waals surface area contributed by atoms with E-state index in [1.165, 1.54) is 6.26 Å². The lowest BCUT2D eigenvalue weighted by molar-refractivity contribution is -0.484. The molecule has 0 saturated carbocycles. The average molecular weight is 393 g/mol. The van der Waals surface area contributed by atoms with Crippen LogP contribution in [-0.2, 0) is 9.53 Å². The number of hydrazine groups is 1. The van der Waals surface area contributed by atoms with Gasteiger partial charge in [-0.25, -0.2) is 5.01 Å². The molecule has 8 heteroatoms. The van der Waals surface area contributed by atoms with Gasteiger partial charge in [-0.05, 0) is 44.2 Å². The Bertz CT molecular complexity index is 665. The van der Waals surface area contributed by atoms with E-state index in [1.807, 2.05) is 5.01 Å². The summed E-state index contributed by atoms with van der Waals surface area (Å²) in [6.07, 6.45) is 5.86. The Kier molecular flexibility index (Phi) is 6.40. The van der Waals surface area contributed by atoms with E-state index in [-0.39, 0.29) is 29.0 Å². The van der Waals surface area contributed by atoms with Gasteiger partial charge in [0.05, 0.1) is 29.7 Å². The number of nitro groups is 1. The summed E-state index contributed by atoms with van der Waals surface area (Å²) in [5, 5.41) is 15.2. The highest BCUT2D eigenvalue weighted by atomic mass is 16.6. The highest BCUT2D eigenvalue weighted by molar-refractivity contribution is 5.81. The molecule has 2 saturated heterocycles. The highest BCUT2D eigenvalue weighted by Gasteiger charge is 2.49. The quantitative estimate of drug-likeness (QED) is 0.473. The largest absolute Gasteiger partial charge is 0.469 e. The number of rotatable bonds is 9. The summed E-state index contributed by atoms with van der Waals surface area (Å²) in [6.45, 7) is 5.36. The molecule has 0 aromatic carbocycles. The van der Waals surface area contributed by atoms with Crippen LogP contribution in [0.2, 0.25) is 0 Å². The van der Waals surface area contributed by atoms with Gasteiger partial charge in [0.1, 0.15) is 5.76 Å². The van der Waals surface area contributed by atoms with Crippen LogP contribution >= 0.6 is 0 Å². The van der Waals surface area contributed by atoms with E-state index in [4.69, 9.17) is 9.15 Å². The summed E-state index contributed by atoms with van der Waals surface area (Å²) >= 11 is 0. The van der Waals surface area contributed by atoms with Crippen molar-refractivity contribution in [3.63, 3.8) is 0 Å². The van der Waals surface area contributed by atoms with Crippen molar-refractivity contribution in [2.45, 2.75) is 63.5 Å². The van der Waals surface area contributed by atoms with Gasteiger partial charge in [0.15, 0.2) is 0 Å². The molecule has 3 heterocycles. The molecule has 1 aromatic heterocycles. The lowest BCUT2D eigenvalue weighted by atomic mass is 9.87. The van der Waals surface area contributed by atoms with Crippen molar-refractivity contribution in [2.75, 3.05) is 26.7 Å². The fraction of sp³-hybridized carbons (Fsp3) is 0.750. The Balaban J connectivity index is 1.81. The Morgan fingerprint density at radius 1 is 1.36 bits per heavy atom. The molecule has 156 valence electrons. The van der Waals surface area contributed by atoms with E-state index in [0.717, 1.165) is 32.2 Å². The highest BCUT2D eigenvalue weighted by Crippen LogP contribution is 2.40. The number of methoxy groups -OCH3 is 1. The second kappa shape index (κ2) is 8.61. The van der Waals surface area contributed by atoms with Crippen LogP contribution in [0.5, 0.6) is 0 Å². The van der Waals surface area contributed by atoms with Gasteiger partial charge in [-0.15, -0.1) is 0 Å². The zero-order valence-electron chi connectivity index (χ0n) is 17.0. The molecule has 0 aliphatic carbocycles. The lowest BCUT2D eigenvalue weighted by Crippen LogP contribution is -2.57. The molecule has 3 atom stereocenters. The molecule has 0 N–H and O–H groups in total. The van der Waals surface area contributed by atoms with Crippen LogP contribution in [0.4, 0.5) is 0 Å². The molecular formula is C20H31N3O5. The van der Waals surface area contributed by atoms with E-state index in [1.54, 1.807) is 19.2 Å². The van der Waals surface area contributed by atoms with E-state index in [0.29, 0.717) is 18.7 Å². The van der Waals surface area contributed by atoms with Crippen molar-refractivity contribution < 1.29 is 18.9 Å². The smallest absolute Gasteiger partial charge is 0.241 e. The van der Waals surface area contributed by atoms with Gasteiger partial charge in [0.25, 0.3) is 0 Å². The third-order valence-electron chi connectivity index (χ3n) is 6.71. The minimum Gasteiger partial charge on any atom is -0.469 e. The van der Waals surface area contributed by atoms with E-state index in [2.05, 4.69) is 18.9 Å². The van der Waals surface area contributed by atoms with Crippen LogP contribution in [0.15, 0.2) is 22.8 Å². The zero-order valence-corrected chi connectivity index (χ0v) is 17.0. The number of hydrogen-bond acceptors (Lipinski definition) is 6. The van der Waals surface area contributed by atoms with Crippen LogP contribution < -0.4 is 0 Å². The fourth-order valence-corrected chi connectivity index (χ4v) is 5.11. The number of ether oxygens (including phenoxy) is 1. The minimum absolute atomic E-state index is 0.0349. The molecular weight excluding hydrogens is 362 g/mol. The summed E-state index contributed by atoms with van der Waals surface area (Å²) < 4.78 is 11.4. The minimum atomic E-state index is -0.534. The summed E-state index contributed by atoms with van der Waals surface area (Å²) in [7, 11) is 1.75. The first-order valence-electron chi connectivity index (χ1n) is 10.3. The van der Waals surface area contributed by atoms with Gasteiger partial charge in [-0.1, -0.05) is 13.8 Å². The first-order valence-corrected chi connectivity index (χ1v) is 10.3. The fourth-order valence-electron chi connectivity index (χ4n) is 5.11. The molecule has 1 aromatic rings. The predicted molar refractivity (Wildman–Crippen MR) is 103 cm³/mol. The van der Waals surface area contributed by atoms with E-state index >= 15 is 0 Å². The van der Waals surface area contributed by atoms with Crippen LogP contribution in [0.1, 0.15) is 57.6 Å². The second-order valence-electron chi connectivity index (χ2n) is 7.79. The molecule has 3 rings (SSSR count). The van der Waals surface area contributed by atoms with Gasteiger partial charge >= 0.3 is 0 Å². The number of nitrogens with zero attached hydrogens (tertiary/aromatic N) is 3. The van der Waals surface area contributed by atoms with Crippen LogP contribution in [0, 0.1) is 16.0 Å². The molecule has 0 unspecified atom stereocenters. The third kappa shape index (κ3) is 3.67. The number of carbonyl (C=O) groups is 1. The Morgan fingerprint density at radius 3 is 2.68 bits per heavy atom. The molecule has 8 nitrogen and oxygen atoms in total. The Hall–Kier alpha value is -1.93. The summed E-state index contributed by atoms with van der Waals surface area (Å²) in [6, 6.07) is 3.59. The van der Waals surface area contributed by atoms with Gasteiger partial charge < -0.3 is 9.15 Å².